The Kier molecular flexibility index (Phi) is 12.6. The third-order valence-corrected chi connectivity index (χ3v) is 14.1. The predicted octanol–water partition coefficient (Wildman–Crippen LogP) is 8.45. The molecular formula is C53H52F3N7O6. The molecule has 2 fully saturated rings. The number of methoxy groups -OCH3 is 1. The van der Waals surface area contributed by atoms with E-state index in [2.05, 4.69) is 58.1 Å². The number of ether oxygens (including phenoxy) is 2. The van der Waals surface area contributed by atoms with E-state index in [1.807, 2.05) is 22.9 Å². The minimum atomic E-state index is -1.55. The molecule has 1 atom stereocenters. The van der Waals surface area contributed by atoms with E-state index >= 15 is 4.39 Å². The second-order valence-electron chi connectivity index (χ2n) is 18.6. The molecule has 1 aliphatic carbocycles. The van der Waals surface area contributed by atoms with Crippen molar-refractivity contribution in [2.75, 3.05) is 20.2 Å². The van der Waals surface area contributed by atoms with Crippen molar-refractivity contribution in [2.24, 2.45) is 13.0 Å². The van der Waals surface area contributed by atoms with E-state index in [4.69, 9.17) is 14.6 Å². The number of carbonyl (C=O) groups is 3. The molecule has 7 aromatic rings. The van der Waals surface area contributed by atoms with Crippen molar-refractivity contribution in [3.05, 3.63) is 147 Å². The summed E-state index contributed by atoms with van der Waals surface area (Å²) in [7, 11) is 3.23. The van der Waals surface area contributed by atoms with Gasteiger partial charge in [0, 0.05) is 44.7 Å². The van der Waals surface area contributed by atoms with Crippen LogP contribution in [-0.2, 0) is 42.8 Å². The lowest BCUT2D eigenvalue weighted by Crippen LogP contribution is -2.44. The van der Waals surface area contributed by atoms with Gasteiger partial charge in [0.05, 0.1) is 35.3 Å². The van der Waals surface area contributed by atoms with Crippen LogP contribution in [0.25, 0.3) is 33.1 Å². The van der Waals surface area contributed by atoms with Crippen LogP contribution in [0.4, 0.5) is 13.2 Å². The Morgan fingerprint density at radius 2 is 1.58 bits per heavy atom. The van der Waals surface area contributed by atoms with Crippen LogP contribution in [-0.4, -0.2) is 61.7 Å². The maximum Gasteiger partial charge on any atom is 0.329 e. The number of amides is 3. The van der Waals surface area contributed by atoms with E-state index in [-0.39, 0.29) is 43.1 Å². The molecule has 13 nitrogen and oxygen atoms in total. The summed E-state index contributed by atoms with van der Waals surface area (Å²) >= 11 is 0. The van der Waals surface area contributed by atoms with Gasteiger partial charge in [-0.05, 0) is 133 Å². The molecule has 3 aliphatic rings. The van der Waals surface area contributed by atoms with Gasteiger partial charge in [0.2, 0.25) is 17.6 Å². The number of hydrogen-bond donors (Lipinski definition) is 2. The number of aromatic nitrogens is 4. The number of benzene rings is 5. The molecule has 1 saturated carbocycles. The number of piperidine rings is 1. The highest BCUT2D eigenvalue weighted by atomic mass is 19.2. The van der Waals surface area contributed by atoms with Crippen LogP contribution < -0.4 is 25.8 Å². The molecular weight excluding hydrogens is 888 g/mol. The van der Waals surface area contributed by atoms with Gasteiger partial charge in [-0.2, -0.15) is 9.49 Å². The SMILES string of the molecule is COc1ccc(COc2c(F)cc(C(=O)NC[C@H]3CC[C@H](n4cc5ccc(-c6ccc7c(c6)CN(CCCc6ccc8c(c6)n(C)c(=O)n8C6CCC(=O)NC6=O)C7)cc5n4)CC3)c(F)c2F)cc1. The molecule has 0 bridgehead atoms. The highest BCUT2D eigenvalue weighted by Crippen LogP contribution is 2.35. The number of fused-ring (bicyclic) bond motifs is 3. The summed E-state index contributed by atoms with van der Waals surface area (Å²) < 4.78 is 60.4. The second kappa shape index (κ2) is 19.1. The van der Waals surface area contributed by atoms with Gasteiger partial charge in [0.1, 0.15) is 18.4 Å². The number of imide groups is 1. The summed E-state index contributed by atoms with van der Waals surface area (Å²) in [5.41, 5.74) is 7.97. The first-order chi connectivity index (χ1) is 33.4. The second-order valence-corrected chi connectivity index (χ2v) is 18.6. The van der Waals surface area contributed by atoms with E-state index in [0.29, 0.717) is 29.3 Å². The number of nitrogens with one attached hydrogen (secondary N) is 2. The fraction of sp³-hybridized carbons (Fsp3) is 0.340. The van der Waals surface area contributed by atoms with Crippen molar-refractivity contribution in [2.45, 2.75) is 83.1 Å². The lowest BCUT2D eigenvalue weighted by atomic mass is 9.86. The Hall–Kier alpha value is -7.20. The number of aryl methyl sites for hydroxylation is 2. The van der Waals surface area contributed by atoms with Crippen LogP contribution in [0.1, 0.15) is 89.6 Å². The van der Waals surface area contributed by atoms with E-state index < -0.39 is 46.6 Å². The fourth-order valence-electron chi connectivity index (χ4n) is 10.2. The first-order valence-corrected chi connectivity index (χ1v) is 23.5. The lowest BCUT2D eigenvalue weighted by molar-refractivity contribution is -0.135. The molecule has 0 spiro atoms. The highest BCUT2D eigenvalue weighted by Gasteiger charge is 2.32. The molecule has 4 heterocycles. The van der Waals surface area contributed by atoms with Crippen LogP contribution in [0.2, 0.25) is 0 Å². The molecule has 1 saturated heterocycles. The van der Waals surface area contributed by atoms with Crippen molar-refractivity contribution in [1.82, 2.24) is 34.4 Å². The molecule has 0 radical (unpaired) electrons. The Labute approximate surface area is 395 Å². The van der Waals surface area contributed by atoms with Gasteiger partial charge in [-0.25, -0.2) is 13.6 Å². The van der Waals surface area contributed by atoms with Crippen molar-refractivity contribution in [1.29, 1.82) is 0 Å². The number of nitrogens with zero attached hydrogens (tertiary/aromatic N) is 5. The van der Waals surface area contributed by atoms with Gasteiger partial charge in [-0.3, -0.25) is 38.4 Å². The minimum absolute atomic E-state index is 0.115. The highest BCUT2D eigenvalue weighted by molar-refractivity contribution is 6.00. The van der Waals surface area contributed by atoms with Gasteiger partial charge >= 0.3 is 5.69 Å². The summed E-state index contributed by atoms with van der Waals surface area (Å²) in [6, 6.07) is 25.8. The molecule has 356 valence electrons. The number of carbonyl (C=O) groups excluding carboxylic acids is 3. The Balaban J connectivity index is 0.703. The molecule has 2 aromatic heterocycles. The van der Waals surface area contributed by atoms with Gasteiger partial charge in [-0.15, -0.1) is 0 Å². The monoisotopic (exact) mass is 939 g/mol. The van der Waals surface area contributed by atoms with Gasteiger partial charge in [-0.1, -0.05) is 42.5 Å². The summed E-state index contributed by atoms with van der Waals surface area (Å²) in [6.07, 6.45) is 7.62. The van der Waals surface area contributed by atoms with Gasteiger partial charge < -0.3 is 14.8 Å². The first kappa shape index (κ1) is 45.6. The molecule has 16 heteroatoms. The number of imidazole rings is 1. The first-order valence-electron chi connectivity index (χ1n) is 23.5. The molecule has 2 aliphatic heterocycles. The van der Waals surface area contributed by atoms with E-state index in [1.165, 1.54) is 22.8 Å². The van der Waals surface area contributed by atoms with E-state index in [1.54, 1.807) is 35.9 Å². The van der Waals surface area contributed by atoms with Crippen molar-refractivity contribution < 1.29 is 37.0 Å². The van der Waals surface area contributed by atoms with Crippen LogP contribution in [0.3, 0.4) is 0 Å². The molecule has 3 amide bonds. The fourth-order valence-corrected chi connectivity index (χ4v) is 10.2. The van der Waals surface area contributed by atoms with Crippen LogP contribution in [0.15, 0.2) is 95.9 Å². The Morgan fingerprint density at radius 3 is 2.36 bits per heavy atom. The van der Waals surface area contributed by atoms with E-state index in [9.17, 15) is 28.0 Å². The third kappa shape index (κ3) is 9.24. The quantitative estimate of drug-likeness (QED) is 0.0818. The Bertz CT molecular complexity index is 3190. The summed E-state index contributed by atoms with van der Waals surface area (Å²) in [5, 5.41) is 11.1. The third-order valence-electron chi connectivity index (χ3n) is 14.1. The molecule has 69 heavy (non-hydrogen) atoms. The van der Waals surface area contributed by atoms with Crippen LogP contribution in [0.5, 0.6) is 11.5 Å². The maximum absolute atomic E-state index is 15.0. The normalized spacial score (nSPS) is 18.4. The molecule has 1 unspecified atom stereocenters. The minimum Gasteiger partial charge on any atom is -0.497 e. The van der Waals surface area contributed by atoms with Crippen LogP contribution >= 0.6 is 0 Å². The maximum atomic E-state index is 15.0. The topological polar surface area (TPSA) is 142 Å². The average molecular weight is 940 g/mol. The van der Waals surface area contributed by atoms with Crippen molar-refractivity contribution >= 4 is 39.7 Å². The summed E-state index contributed by atoms with van der Waals surface area (Å²) in [6.45, 7) is 2.70. The zero-order valence-corrected chi connectivity index (χ0v) is 38.4. The number of rotatable bonds is 14. The standard InChI is InChI=1S/C53H52F3N7O6/c1-60-46-22-31(9-18-44(46)63(53(60)67)45-19-20-47(64)58-52(45)66)4-3-21-61-27-36-12-10-34(23-38(36)28-61)35-11-13-37-29-62(59-43(37)24-35)39-14-5-32(6-15-39)26-57-51(65)41-25-42(54)50(49(56)48(41)55)69-30-33-7-16-40(68-2)17-8-33/h7-13,16-18,22-25,29,32,39,45H,3-6,14-15,19-21,26-28,30H2,1-2H3,(H,57,65)(H,58,64,66)/t32-,39-,45?. The lowest BCUT2D eigenvalue weighted by Gasteiger charge is -2.28. The molecule has 10 rings (SSSR count). The van der Waals surface area contributed by atoms with Crippen molar-refractivity contribution in [3.63, 3.8) is 0 Å². The van der Waals surface area contributed by atoms with Crippen LogP contribution in [0, 0.1) is 23.4 Å². The summed E-state index contributed by atoms with van der Waals surface area (Å²) in [4.78, 5) is 52.9. The van der Waals surface area contributed by atoms with Crippen molar-refractivity contribution in [3.8, 4) is 22.6 Å². The number of hydrogen-bond acceptors (Lipinski definition) is 8. The molecule has 5 aromatic carbocycles. The predicted molar refractivity (Wildman–Crippen MR) is 253 cm³/mol. The van der Waals surface area contributed by atoms with Gasteiger partial charge in [0.25, 0.3) is 5.91 Å². The average Bonchev–Trinajstić information content (AvgIpc) is 4.05. The van der Waals surface area contributed by atoms with E-state index in [0.717, 1.165) is 91.3 Å². The molecule has 2 N–H and O–H groups in total. The van der Waals surface area contributed by atoms with Gasteiger partial charge in [0.15, 0.2) is 17.4 Å². The largest absolute Gasteiger partial charge is 0.497 e. The smallest absolute Gasteiger partial charge is 0.329 e. The number of halogens is 3. The zero-order chi connectivity index (χ0) is 47.9. The summed E-state index contributed by atoms with van der Waals surface area (Å²) in [5.74, 6) is -5.98. The Morgan fingerprint density at radius 1 is 0.826 bits per heavy atom. The zero-order valence-electron chi connectivity index (χ0n) is 38.4.